The number of benzene rings is 2. The van der Waals surface area contributed by atoms with Crippen molar-refractivity contribution in [2.24, 2.45) is 0 Å². The highest BCUT2D eigenvalue weighted by Gasteiger charge is 2.32. The summed E-state index contributed by atoms with van der Waals surface area (Å²) in [6.07, 6.45) is 2.65. The predicted molar refractivity (Wildman–Crippen MR) is 121 cm³/mol. The van der Waals surface area contributed by atoms with E-state index >= 15 is 0 Å². The zero-order valence-corrected chi connectivity index (χ0v) is 17.7. The molecule has 5 nitrogen and oxygen atoms in total. The van der Waals surface area contributed by atoms with Crippen LogP contribution in [0.3, 0.4) is 0 Å². The van der Waals surface area contributed by atoms with E-state index in [4.69, 9.17) is 21.4 Å². The first-order valence-corrected chi connectivity index (χ1v) is 10.2. The molecule has 152 valence electrons. The molecule has 0 aliphatic carbocycles. The molecule has 1 aromatic heterocycles. The number of para-hydroxylation sites is 1. The van der Waals surface area contributed by atoms with E-state index in [0.29, 0.717) is 28.9 Å². The Kier molecular flexibility index (Phi) is 5.68. The van der Waals surface area contributed by atoms with Gasteiger partial charge >= 0.3 is 0 Å². The SMILES string of the molecule is CCc1ccc(OCc2ccc(/C=C3/NC(=S)N(c4ccccc4C)C3=O)o2)cc1. The van der Waals surface area contributed by atoms with E-state index in [1.54, 1.807) is 12.1 Å². The maximum Gasteiger partial charge on any atom is 0.281 e. The molecule has 1 N–H and O–H groups in total. The number of carbonyl (C=O) groups is 1. The summed E-state index contributed by atoms with van der Waals surface area (Å²) in [4.78, 5) is 14.4. The Hall–Kier alpha value is -3.38. The van der Waals surface area contributed by atoms with Gasteiger partial charge in [0.25, 0.3) is 5.91 Å². The van der Waals surface area contributed by atoms with Crippen LogP contribution in [0.1, 0.15) is 29.6 Å². The third kappa shape index (κ3) is 4.14. The molecule has 30 heavy (non-hydrogen) atoms. The Morgan fingerprint density at radius 3 is 2.60 bits per heavy atom. The van der Waals surface area contributed by atoms with Gasteiger partial charge in [-0.3, -0.25) is 9.69 Å². The molecule has 0 radical (unpaired) electrons. The van der Waals surface area contributed by atoms with E-state index in [1.807, 2.05) is 61.5 Å². The summed E-state index contributed by atoms with van der Waals surface area (Å²) >= 11 is 5.37. The van der Waals surface area contributed by atoms with Crippen LogP contribution < -0.4 is 15.0 Å². The average molecular weight is 419 g/mol. The molecular formula is C24H22N2O3S. The smallest absolute Gasteiger partial charge is 0.281 e. The molecule has 0 spiro atoms. The van der Waals surface area contributed by atoms with Gasteiger partial charge in [-0.25, -0.2) is 0 Å². The maximum atomic E-state index is 12.9. The average Bonchev–Trinajstić information content (AvgIpc) is 3.31. The highest BCUT2D eigenvalue weighted by atomic mass is 32.1. The number of hydrogen-bond acceptors (Lipinski definition) is 4. The van der Waals surface area contributed by atoms with Gasteiger partial charge in [-0.2, -0.15) is 0 Å². The third-order valence-corrected chi connectivity index (χ3v) is 5.20. The highest BCUT2D eigenvalue weighted by Crippen LogP contribution is 2.26. The summed E-state index contributed by atoms with van der Waals surface area (Å²) < 4.78 is 11.6. The van der Waals surface area contributed by atoms with E-state index in [1.165, 1.54) is 10.5 Å². The van der Waals surface area contributed by atoms with Crippen molar-refractivity contribution in [1.82, 2.24) is 5.32 Å². The molecule has 0 saturated carbocycles. The number of ether oxygens (including phenoxy) is 1. The van der Waals surface area contributed by atoms with Crippen LogP contribution in [-0.4, -0.2) is 11.0 Å². The number of nitrogens with one attached hydrogen (secondary N) is 1. The Morgan fingerprint density at radius 2 is 1.87 bits per heavy atom. The number of furan rings is 1. The predicted octanol–water partition coefficient (Wildman–Crippen LogP) is 4.99. The Morgan fingerprint density at radius 1 is 1.10 bits per heavy atom. The van der Waals surface area contributed by atoms with E-state index in [9.17, 15) is 4.79 Å². The second-order valence-electron chi connectivity index (χ2n) is 7.01. The first-order valence-electron chi connectivity index (χ1n) is 9.78. The van der Waals surface area contributed by atoms with Crippen LogP contribution in [0.2, 0.25) is 0 Å². The van der Waals surface area contributed by atoms with Gasteiger partial charge in [-0.15, -0.1) is 0 Å². The Balaban J connectivity index is 1.45. The largest absolute Gasteiger partial charge is 0.486 e. The maximum absolute atomic E-state index is 12.9. The molecule has 4 rings (SSSR count). The van der Waals surface area contributed by atoms with Crippen LogP contribution >= 0.6 is 12.2 Å². The zero-order valence-electron chi connectivity index (χ0n) is 16.8. The van der Waals surface area contributed by atoms with Gasteiger partial charge < -0.3 is 14.5 Å². The minimum atomic E-state index is -0.209. The lowest BCUT2D eigenvalue weighted by atomic mass is 10.2. The standard InChI is InChI=1S/C24H22N2O3S/c1-3-17-8-10-18(11-9-17)28-15-20-13-12-19(29-20)14-21-23(27)26(24(30)25-21)22-7-5-4-6-16(22)2/h4-14H,3,15H2,1-2H3,(H,25,30)/b21-14+. The summed E-state index contributed by atoms with van der Waals surface area (Å²) in [7, 11) is 0. The van der Waals surface area contributed by atoms with E-state index in [0.717, 1.165) is 23.4 Å². The summed E-state index contributed by atoms with van der Waals surface area (Å²) in [5.74, 6) is 1.81. The number of anilines is 1. The number of thiocarbonyl (C=S) groups is 1. The van der Waals surface area contributed by atoms with Crippen molar-refractivity contribution in [1.29, 1.82) is 0 Å². The van der Waals surface area contributed by atoms with Gasteiger partial charge in [-0.1, -0.05) is 37.3 Å². The van der Waals surface area contributed by atoms with Crippen molar-refractivity contribution in [2.45, 2.75) is 26.9 Å². The minimum absolute atomic E-state index is 0.209. The third-order valence-electron chi connectivity index (χ3n) is 4.92. The second-order valence-corrected chi connectivity index (χ2v) is 7.39. The lowest BCUT2D eigenvalue weighted by Gasteiger charge is -2.16. The quantitative estimate of drug-likeness (QED) is 0.451. The lowest BCUT2D eigenvalue weighted by Crippen LogP contribution is -2.30. The summed E-state index contributed by atoms with van der Waals surface area (Å²) in [5.41, 5.74) is 3.38. The molecule has 1 amide bonds. The van der Waals surface area contributed by atoms with Crippen LogP contribution in [0.25, 0.3) is 6.08 Å². The molecule has 2 heterocycles. The molecule has 1 fully saturated rings. The van der Waals surface area contributed by atoms with Crippen LogP contribution in [0.15, 0.2) is 70.8 Å². The van der Waals surface area contributed by atoms with Gasteiger partial charge in [0.1, 0.15) is 29.6 Å². The topological polar surface area (TPSA) is 54.7 Å². The van der Waals surface area contributed by atoms with Gasteiger partial charge in [0.05, 0.1) is 5.69 Å². The Labute approximate surface area is 181 Å². The molecule has 0 atom stereocenters. The first kappa shape index (κ1) is 19.9. The first-order chi connectivity index (χ1) is 14.5. The van der Waals surface area contributed by atoms with Crippen molar-refractivity contribution in [2.75, 3.05) is 4.90 Å². The van der Waals surface area contributed by atoms with Crippen molar-refractivity contribution in [3.8, 4) is 5.75 Å². The molecular weight excluding hydrogens is 396 g/mol. The van der Waals surface area contributed by atoms with Gasteiger partial charge in [-0.05, 0) is 67.0 Å². The molecule has 1 aliphatic rings. The zero-order chi connectivity index (χ0) is 21.1. The van der Waals surface area contributed by atoms with E-state index < -0.39 is 0 Å². The summed E-state index contributed by atoms with van der Waals surface area (Å²) in [6, 6.07) is 19.3. The number of nitrogens with zero attached hydrogens (tertiary/aromatic N) is 1. The van der Waals surface area contributed by atoms with Crippen LogP contribution in [-0.2, 0) is 17.8 Å². The fraction of sp³-hybridized carbons (Fsp3) is 0.167. The molecule has 2 aromatic carbocycles. The molecule has 1 aliphatic heterocycles. The summed E-state index contributed by atoms with van der Waals surface area (Å²) in [5, 5.41) is 3.34. The van der Waals surface area contributed by atoms with E-state index in [-0.39, 0.29) is 5.91 Å². The number of carbonyl (C=O) groups excluding carboxylic acids is 1. The number of aryl methyl sites for hydroxylation is 2. The molecule has 6 heteroatoms. The number of hydrogen-bond donors (Lipinski definition) is 1. The van der Waals surface area contributed by atoms with Crippen molar-refractivity contribution < 1.29 is 13.9 Å². The monoisotopic (exact) mass is 418 g/mol. The summed E-state index contributed by atoms with van der Waals surface area (Å²) in [6.45, 7) is 4.37. The fourth-order valence-electron chi connectivity index (χ4n) is 3.24. The van der Waals surface area contributed by atoms with Gasteiger partial charge in [0.2, 0.25) is 0 Å². The number of rotatable bonds is 6. The van der Waals surface area contributed by atoms with Crippen molar-refractivity contribution in [3.05, 3.63) is 89.0 Å². The Bertz CT molecular complexity index is 1120. The minimum Gasteiger partial charge on any atom is -0.486 e. The molecule has 0 bridgehead atoms. The van der Waals surface area contributed by atoms with Crippen LogP contribution in [0, 0.1) is 6.92 Å². The molecule has 0 unspecified atom stereocenters. The van der Waals surface area contributed by atoms with Crippen molar-refractivity contribution in [3.63, 3.8) is 0 Å². The van der Waals surface area contributed by atoms with Gasteiger partial charge in [0, 0.05) is 6.08 Å². The van der Waals surface area contributed by atoms with Crippen LogP contribution in [0.5, 0.6) is 5.75 Å². The van der Waals surface area contributed by atoms with Crippen LogP contribution in [0.4, 0.5) is 5.69 Å². The van der Waals surface area contributed by atoms with E-state index in [2.05, 4.69) is 12.2 Å². The fourth-order valence-corrected chi connectivity index (χ4v) is 3.53. The lowest BCUT2D eigenvalue weighted by molar-refractivity contribution is -0.113. The molecule has 1 saturated heterocycles. The number of amides is 1. The van der Waals surface area contributed by atoms with Gasteiger partial charge in [0.15, 0.2) is 5.11 Å². The second kappa shape index (κ2) is 8.55. The highest BCUT2D eigenvalue weighted by molar-refractivity contribution is 7.80. The molecule has 3 aromatic rings. The van der Waals surface area contributed by atoms with Crippen molar-refractivity contribution >= 4 is 35.0 Å². The normalized spacial score (nSPS) is 15.0.